The van der Waals surface area contributed by atoms with E-state index in [1.807, 2.05) is 47.3 Å². The maximum absolute atomic E-state index is 9.08. The second-order valence-corrected chi connectivity index (χ2v) is 7.53. The molecule has 0 aliphatic rings. The lowest BCUT2D eigenvalue weighted by Gasteiger charge is -2.04. The predicted molar refractivity (Wildman–Crippen MR) is 119 cm³/mol. The molecule has 0 radical (unpaired) electrons. The predicted octanol–water partition coefficient (Wildman–Crippen LogP) is 5.00. The van der Waals surface area contributed by atoms with E-state index in [9.17, 15) is 0 Å². The fourth-order valence-electron chi connectivity index (χ4n) is 3.48. The van der Waals surface area contributed by atoms with E-state index in [1.54, 1.807) is 24.5 Å². The van der Waals surface area contributed by atoms with E-state index in [-0.39, 0.29) is 6.04 Å². The Kier molecular flexibility index (Phi) is 4.53. The van der Waals surface area contributed by atoms with Crippen molar-refractivity contribution < 1.29 is 0 Å². The fraction of sp³-hybridized carbons (Fsp3) is 0.125. The van der Waals surface area contributed by atoms with Crippen LogP contribution in [0.15, 0.2) is 67.1 Å². The first kappa shape index (κ1) is 18.7. The third-order valence-electron chi connectivity index (χ3n) is 5.13. The zero-order valence-corrected chi connectivity index (χ0v) is 17.1. The Morgan fingerprint density at radius 3 is 2.39 bits per heavy atom. The summed E-state index contributed by atoms with van der Waals surface area (Å²) in [6.07, 6.45) is 5.34. The number of H-pyrrole nitrogens is 1. The van der Waals surface area contributed by atoms with Crippen LogP contribution in [0.3, 0.4) is 0 Å². The minimum Gasteiger partial charge on any atom is -0.336 e. The van der Waals surface area contributed by atoms with Crippen LogP contribution in [0.1, 0.15) is 25.5 Å². The zero-order valence-electron chi connectivity index (χ0n) is 17.1. The molecule has 0 atom stereocenters. The lowest BCUT2D eigenvalue weighted by molar-refractivity contribution is 0.534. The smallest absolute Gasteiger partial charge is 0.138 e. The number of nitrogens with zero attached hydrogens (tertiary/aromatic N) is 6. The molecule has 0 amide bonds. The first-order valence-electron chi connectivity index (χ1n) is 9.99. The van der Waals surface area contributed by atoms with Crippen LogP contribution in [0.5, 0.6) is 0 Å². The Bertz CT molecular complexity index is 1420. The van der Waals surface area contributed by atoms with E-state index in [4.69, 9.17) is 15.3 Å². The van der Waals surface area contributed by atoms with Gasteiger partial charge in [0, 0.05) is 35.8 Å². The molecule has 0 bridgehead atoms. The Hall–Kier alpha value is -4.31. The summed E-state index contributed by atoms with van der Waals surface area (Å²) in [5.74, 6) is 0.716. The van der Waals surface area contributed by atoms with Gasteiger partial charge in [0.15, 0.2) is 0 Å². The highest BCUT2D eigenvalue weighted by Gasteiger charge is 2.18. The number of aromatic amines is 1. The second-order valence-electron chi connectivity index (χ2n) is 7.53. The van der Waals surface area contributed by atoms with Gasteiger partial charge in [0.05, 0.1) is 34.1 Å². The van der Waals surface area contributed by atoms with Gasteiger partial charge in [-0.1, -0.05) is 6.07 Å². The SMILES string of the molecule is CC(C)n1ccc(-c2[nH]c(-c3ccc(C#N)cc3)nc2-c2ccc3nccnc3c2)n1. The lowest BCUT2D eigenvalue weighted by atomic mass is 10.1. The molecule has 7 nitrogen and oxygen atoms in total. The molecule has 7 heteroatoms. The van der Waals surface area contributed by atoms with E-state index in [2.05, 4.69) is 34.9 Å². The van der Waals surface area contributed by atoms with Gasteiger partial charge in [-0.05, 0) is 56.3 Å². The van der Waals surface area contributed by atoms with E-state index >= 15 is 0 Å². The molecular formula is C24H19N7. The molecule has 1 N–H and O–H groups in total. The van der Waals surface area contributed by atoms with E-state index in [0.717, 1.165) is 39.2 Å². The van der Waals surface area contributed by atoms with Crippen LogP contribution in [0.2, 0.25) is 0 Å². The maximum Gasteiger partial charge on any atom is 0.138 e. The van der Waals surface area contributed by atoms with Crippen LogP contribution < -0.4 is 0 Å². The van der Waals surface area contributed by atoms with Crippen molar-refractivity contribution >= 4 is 11.0 Å². The summed E-state index contributed by atoms with van der Waals surface area (Å²) in [4.78, 5) is 17.1. The van der Waals surface area contributed by atoms with Gasteiger partial charge in [0.2, 0.25) is 0 Å². The standard InChI is InChI=1S/C24H19N7/c1-15(2)31-12-9-20(30-31)23-22(18-7-8-19-21(13-18)27-11-10-26-19)28-24(29-23)17-5-3-16(14-25)4-6-17/h3-13,15H,1-2H3,(H,28,29). The summed E-state index contributed by atoms with van der Waals surface area (Å²) >= 11 is 0. The number of fused-ring (bicyclic) bond motifs is 1. The number of imidazole rings is 1. The van der Waals surface area contributed by atoms with Crippen LogP contribution in [0, 0.1) is 11.3 Å². The molecule has 150 valence electrons. The lowest BCUT2D eigenvalue weighted by Crippen LogP contribution is -2.01. The van der Waals surface area contributed by atoms with E-state index < -0.39 is 0 Å². The molecule has 3 aromatic heterocycles. The summed E-state index contributed by atoms with van der Waals surface area (Å²) in [6, 6.07) is 17.7. The van der Waals surface area contributed by atoms with E-state index in [1.165, 1.54) is 0 Å². The highest BCUT2D eigenvalue weighted by atomic mass is 15.3. The number of benzene rings is 2. The highest BCUT2D eigenvalue weighted by Crippen LogP contribution is 2.33. The van der Waals surface area contributed by atoms with Gasteiger partial charge >= 0.3 is 0 Å². The molecule has 2 aromatic carbocycles. The average Bonchev–Trinajstić information content (AvgIpc) is 3.46. The molecule has 0 unspecified atom stereocenters. The van der Waals surface area contributed by atoms with Crippen LogP contribution in [0.25, 0.3) is 45.1 Å². The molecule has 3 heterocycles. The molecule has 31 heavy (non-hydrogen) atoms. The maximum atomic E-state index is 9.08. The molecule has 0 aliphatic heterocycles. The fourth-order valence-corrected chi connectivity index (χ4v) is 3.48. The first-order valence-corrected chi connectivity index (χ1v) is 9.99. The quantitative estimate of drug-likeness (QED) is 0.454. The molecule has 0 aliphatic carbocycles. The monoisotopic (exact) mass is 405 g/mol. The minimum absolute atomic E-state index is 0.258. The van der Waals surface area contributed by atoms with Gasteiger partial charge in [-0.3, -0.25) is 14.6 Å². The number of aromatic nitrogens is 6. The van der Waals surface area contributed by atoms with Crippen LogP contribution in [-0.4, -0.2) is 29.7 Å². The third kappa shape index (κ3) is 3.45. The summed E-state index contributed by atoms with van der Waals surface area (Å²) in [5.41, 5.74) is 6.52. The van der Waals surface area contributed by atoms with Crippen molar-refractivity contribution in [2.75, 3.05) is 0 Å². The molecule has 5 aromatic rings. The van der Waals surface area contributed by atoms with E-state index in [0.29, 0.717) is 11.4 Å². The van der Waals surface area contributed by atoms with Crippen LogP contribution in [0.4, 0.5) is 0 Å². The number of hydrogen-bond donors (Lipinski definition) is 1. The highest BCUT2D eigenvalue weighted by molar-refractivity contribution is 5.85. The Balaban J connectivity index is 1.68. The normalized spacial score (nSPS) is 11.2. The molecule has 5 rings (SSSR count). The van der Waals surface area contributed by atoms with Crippen molar-refractivity contribution in [2.24, 2.45) is 0 Å². The molecule has 0 saturated carbocycles. The van der Waals surface area contributed by atoms with Gasteiger partial charge in [-0.2, -0.15) is 10.4 Å². The largest absolute Gasteiger partial charge is 0.336 e. The third-order valence-corrected chi connectivity index (χ3v) is 5.13. The topological polar surface area (TPSA) is 96.1 Å². The first-order chi connectivity index (χ1) is 15.1. The van der Waals surface area contributed by atoms with Gasteiger partial charge in [0.25, 0.3) is 0 Å². The molecular weight excluding hydrogens is 386 g/mol. The summed E-state index contributed by atoms with van der Waals surface area (Å²) in [7, 11) is 0. The average molecular weight is 405 g/mol. The minimum atomic E-state index is 0.258. The Morgan fingerprint density at radius 1 is 0.935 bits per heavy atom. The summed E-state index contributed by atoms with van der Waals surface area (Å²) in [6.45, 7) is 4.18. The summed E-state index contributed by atoms with van der Waals surface area (Å²) in [5, 5.41) is 13.8. The zero-order chi connectivity index (χ0) is 21.4. The van der Waals surface area contributed by atoms with Crippen LogP contribution in [-0.2, 0) is 0 Å². The van der Waals surface area contributed by atoms with Crippen molar-refractivity contribution in [3.05, 3.63) is 72.7 Å². The number of hydrogen-bond acceptors (Lipinski definition) is 5. The number of nitrogens with one attached hydrogen (secondary N) is 1. The second kappa shape index (κ2) is 7.50. The molecule has 0 fully saturated rings. The number of rotatable bonds is 4. The Labute approximate surface area is 179 Å². The molecule has 0 saturated heterocycles. The van der Waals surface area contributed by atoms with Crippen molar-refractivity contribution in [2.45, 2.75) is 19.9 Å². The van der Waals surface area contributed by atoms with Gasteiger partial charge in [0.1, 0.15) is 11.5 Å². The van der Waals surface area contributed by atoms with Crippen molar-refractivity contribution in [3.8, 4) is 40.1 Å². The van der Waals surface area contributed by atoms with Gasteiger partial charge in [-0.15, -0.1) is 0 Å². The van der Waals surface area contributed by atoms with Crippen LogP contribution >= 0.6 is 0 Å². The van der Waals surface area contributed by atoms with Gasteiger partial charge in [-0.25, -0.2) is 4.98 Å². The van der Waals surface area contributed by atoms with Gasteiger partial charge < -0.3 is 4.98 Å². The van der Waals surface area contributed by atoms with Crippen molar-refractivity contribution in [1.82, 2.24) is 29.7 Å². The molecule has 0 spiro atoms. The van der Waals surface area contributed by atoms with Crippen molar-refractivity contribution in [1.29, 1.82) is 5.26 Å². The summed E-state index contributed by atoms with van der Waals surface area (Å²) < 4.78 is 1.92. The van der Waals surface area contributed by atoms with Crippen molar-refractivity contribution in [3.63, 3.8) is 0 Å². The Morgan fingerprint density at radius 2 is 1.68 bits per heavy atom. The number of nitriles is 1.